The van der Waals surface area contributed by atoms with E-state index in [0.717, 1.165) is 57.1 Å². The summed E-state index contributed by atoms with van der Waals surface area (Å²) < 4.78 is 11.0. The van der Waals surface area contributed by atoms with Crippen LogP contribution >= 0.6 is 0 Å². The van der Waals surface area contributed by atoms with E-state index < -0.39 is 0 Å². The van der Waals surface area contributed by atoms with Crippen LogP contribution in [0.1, 0.15) is 30.4 Å². The number of piperazine rings is 3. The molecule has 7 nitrogen and oxygen atoms in total. The summed E-state index contributed by atoms with van der Waals surface area (Å²) in [6.45, 7) is 7.64. The summed E-state index contributed by atoms with van der Waals surface area (Å²) in [5, 5.41) is 3.16. The zero-order valence-electron chi connectivity index (χ0n) is 14.9. The first-order valence-electron chi connectivity index (χ1n) is 9.33. The molecule has 0 saturated carbocycles. The standard InChI is InChI=1S/C18H28N4O3/c1-24-13-15-4-5-17(25-15)16-3-2-6-22(16)18(23)19-11-14-12-20-7-9-21(14)10-8-20/h4-5,14,16H,2-3,6-13H2,1H3,(H,19,23). The summed E-state index contributed by atoms with van der Waals surface area (Å²) in [6, 6.07) is 4.43. The predicted octanol–water partition coefficient (Wildman–Crippen LogP) is 1.27. The van der Waals surface area contributed by atoms with Crippen LogP contribution in [0.4, 0.5) is 4.79 Å². The Morgan fingerprint density at radius 3 is 2.84 bits per heavy atom. The number of carbonyl (C=O) groups is 1. The van der Waals surface area contributed by atoms with Crippen LogP contribution in [0.2, 0.25) is 0 Å². The highest BCUT2D eigenvalue weighted by molar-refractivity contribution is 5.75. The normalized spacial score (nSPS) is 31.5. The fourth-order valence-electron chi connectivity index (χ4n) is 4.32. The molecule has 0 radical (unpaired) electrons. The number of hydrogen-bond acceptors (Lipinski definition) is 5. The van der Waals surface area contributed by atoms with Crippen molar-refractivity contribution in [1.29, 1.82) is 0 Å². The summed E-state index contributed by atoms with van der Waals surface area (Å²) in [4.78, 5) is 19.7. The Hall–Kier alpha value is -1.57. The van der Waals surface area contributed by atoms with E-state index in [9.17, 15) is 4.79 Å². The Balaban J connectivity index is 1.34. The van der Waals surface area contributed by atoms with Crippen molar-refractivity contribution in [3.05, 3.63) is 23.7 Å². The maximum absolute atomic E-state index is 12.7. The first-order valence-corrected chi connectivity index (χ1v) is 9.33. The molecule has 2 unspecified atom stereocenters. The van der Waals surface area contributed by atoms with Crippen molar-refractivity contribution >= 4 is 6.03 Å². The lowest BCUT2D eigenvalue weighted by atomic mass is 10.1. The van der Waals surface area contributed by atoms with E-state index in [1.54, 1.807) is 7.11 Å². The minimum atomic E-state index is 0.0323. The lowest BCUT2D eigenvalue weighted by molar-refractivity contribution is 0.0142. The Bertz CT molecular complexity index is 597. The van der Waals surface area contributed by atoms with Crippen LogP contribution < -0.4 is 5.32 Å². The molecule has 5 heterocycles. The number of rotatable bonds is 5. The van der Waals surface area contributed by atoms with Gasteiger partial charge in [-0.15, -0.1) is 0 Å². The molecular formula is C18H28N4O3. The largest absolute Gasteiger partial charge is 0.461 e. The maximum Gasteiger partial charge on any atom is 0.318 e. The first-order chi connectivity index (χ1) is 12.2. The molecule has 0 spiro atoms. The van der Waals surface area contributed by atoms with Crippen molar-refractivity contribution in [2.24, 2.45) is 0 Å². The maximum atomic E-state index is 12.7. The number of methoxy groups -OCH3 is 1. The summed E-state index contributed by atoms with van der Waals surface area (Å²) in [5.41, 5.74) is 0. The number of furan rings is 1. The highest BCUT2D eigenvalue weighted by Crippen LogP contribution is 2.33. The molecule has 1 N–H and O–H groups in total. The molecule has 1 aromatic rings. The van der Waals surface area contributed by atoms with Crippen LogP contribution in [0.5, 0.6) is 0 Å². The topological polar surface area (TPSA) is 61.2 Å². The van der Waals surface area contributed by atoms with Gasteiger partial charge in [0, 0.05) is 59.0 Å². The van der Waals surface area contributed by atoms with Crippen molar-refractivity contribution in [3.8, 4) is 0 Å². The van der Waals surface area contributed by atoms with Gasteiger partial charge in [-0.3, -0.25) is 9.80 Å². The third-order valence-electron chi connectivity index (χ3n) is 5.69. The molecule has 0 aromatic carbocycles. The highest BCUT2D eigenvalue weighted by atomic mass is 16.5. The molecule has 0 aliphatic carbocycles. The average Bonchev–Trinajstić information content (AvgIpc) is 3.30. The van der Waals surface area contributed by atoms with Gasteiger partial charge in [-0.2, -0.15) is 0 Å². The van der Waals surface area contributed by atoms with E-state index in [1.807, 2.05) is 17.0 Å². The van der Waals surface area contributed by atoms with Crippen molar-refractivity contribution in [1.82, 2.24) is 20.0 Å². The summed E-state index contributed by atoms with van der Waals surface area (Å²) in [7, 11) is 1.65. The third-order valence-corrected chi connectivity index (χ3v) is 5.69. The van der Waals surface area contributed by atoms with Gasteiger partial charge in [-0.25, -0.2) is 4.79 Å². The SMILES string of the molecule is COCc1ccc(C2CCCN2C(=O)NCC2CN3CCN2CC3)o1. The van der Waals surface area contributed by atoms with Crippen molar-refractivity contribution in [3.63, 3.8) is 0 Å². The number of likely N-dealkylation sites (tertiary alicyclic amines) is 1. The minimum absolute atomic E-state index is 0.0323. The van der Waals surface area contributed by atoms with Crippen LogP contribution in [0.25, 0.3) is 0 Å². The van der Waals surface area contributed by atoms with Gasteiger partial charge in [-0.1, -0.05) is 0 Å². The van der Waals surface area contributed by atoms with Gasteiger partial charge >= 0.3 is 6.03 Å². The second-order valence-electron chi connectivity index (χ2n) is 7.26. The molecule has 2 bridgehead atoms. The van der Waals surface area contributed by atoms with E-state index in [2.05, 4.69) is 15.1 Å². The van der Waals surface area contributed by atoms with Gasteiger partial charge in [0.15, 0.2) is 0 Å². The number of ether oxygens (including phenoxy) is 1. The molecule has 2 atom stereocenters. The number of urea groups is 1. The first kappa shape index (κ1) is 16.9. The predicted molar refractivity (Wildman–Crippen MR) is 93.3 cm³/mol. The zero-order chi connectivity index (χ0) is 17.2. The number of amides is 2. The van der Waals surface area contributed by atoms with Crippen LogP contribution in [0, 0.1) is 0 Å². The van der Waals surface area contributed by atoms with E-state index in [1.165, 1.54) is 13.1 Å². The number of carbonyl (C=O) groups excluding carboxylic acids is 1. The molecule has 25 heavy (non-hydrogen) atoms. The summed E-state index contributed by atoms with van der Waals surface area (Å²) >= 11 is 0. The molecule has 4 aliphatic heterocycles. The van der Waals surface area contributed by atoms with Gasteiger partial charge < -0.3 is 19.4 Å². The molecule has 7 heteroatoms. The molecule has 4 fully saturated rings. The van der Waals surface area contributed by atoms with Crippen LogP contribution in [-0.2, 0) is 11.3 Å². The molecule has 4 saturated heterocycles. The lowest BCUT2D eigenvalue weighted by Gasteiger charge is -2.47. The Morgan fingerprint density at radius 2 is 2.12 bits per heavy atom. The van der Waals surface area contributed by atoms with Crippen LogP contribution in [-0.4, -0.2) is 79.7 Å². The molecule has 2 amide bonds. The molecule has 5 rings (SSSR count). The number of nitrogens with one attached hydrogen (secondary N) is 1. The Labute approximate surface area is 148 Å². The molecule has 1 aromatic heterocycles. The molecular weight excluding hydrogens is 320 g/mol. The lowest BCUT2D eigenvalue weighted by Crippen LogP contribution is -2.63. The molecule has 4 aliphatic rings. The Kier molecular flexibility index (Phi) is 4.96. The summed E-state index contributed by atoms with van der Waals surface area (Å²) in [5.74, 6) is 1.68. The minimum Gasteiger partial charge on any atom is -0.461 e. The monoisotopic (exact) mass is 348 g/mol. The fraction of sp³-hybridized carbons (Fsp3) is 0.722. The highest BCUT2D eigenvalue weighted by Gasteiger charge is 2.35. The Morgan fingerprint density at radius 1 is 1.28 bits per heavy atom. The number of nitrogens with zero attached hydrogens (tertiary/aromatic N) is 3. The van der Waals surface area contributed by atoms with Crippen molar-refractivity contribution < 1.29 is 13.9 Å². The van der Waals surface area contributed by atoms with Gasteiger partial charge in [0.2, 0.25) is 0 Å². The average molecular weight is 348 g/mol. The van der Waals surface area contributed by atoms with Gasteiger partial charge in [0.1, 0.15) is 18.1 Å². The quantitative estimate of drug-likeness (QED) is 0.868. The van der Waals surface area contributed by atoms with Crippen LogP contribution in [0.15, 0.2) is 16.5 Å². The van der Waals surface area contributed by atoms with Gasteiger partial charge in [-0.05, 0) is 25.0 Å². The number of hydrogen-bond donors (Lipinski definition) is 1. The summed E-state index contributed by atoms with van der Waals surface area (Å²) in [6.07, 6.45) is 1.97. The second-order valence-corrected chi connectivity index (χ2v) is 7.26. The third kappa shape index (κ3) is 3.54. The molecule has 138 valence electrons. The van der Waals surface area contributed by atoms with Crippen LogP contribution in [0.3, 0.4) is 0 Å². The van der Waals surface area contributed by atoms with E-state index in [-0.39, 0.29) is 12.1 Å². The van der Waals surface area contributed by atoms with Gasteiger partial charge in [0.05, 0.1) is 6.04 Å². The smallest absolute Gasteiger partial charge is 0.318 e. The second kappa shape index (κ2) is 7.35. The van der Waals surface area contributed by atoms with Crippen molar-refractivity contribution in [2.75, 3.05) is 52.9 Å². The van der Waals surface area contributed by atoms with Crippen molar-refractivity contribution in [2.45, 2.75) is 31.5 Å². The zero-order valence-corrected chi connectivity index (χ0v) is 14.9. The van der Waals surface area contributed by atoms with E-state index in [4.69, 9.17) is 9.15 Å². The van der Waals surface area contributed by atoms with E-state index >= 15 is 0 Å². The fourth-order valence-corrected chi connectivity index (χ4v) is 4.32. The van der Waals surface area contributed by atoms with E-state index in [0.29, 0.717) is 12.6 Å². The number of fused-ring (bicyclic) bond motifs is 3. The van der Waals surface area contributed by atoms with Gasteiger partial charge in [0.25, 0.3) is 0 Å².